The second-order valence-electron chi connectivity index (χ2n) is 3.80. The van der Waals surface area contributed by atoms with Gasteiger partial charge in [-0.05, 0) is 25.6 Å². The third kappa shape index (κ3) is 3.83. The lowest BCUT2D eigenvalue weighted by molar-refractivity contribution is -0.141. The number of rotatable bonds is 4. The molecule has 0 atom stereocenters. The van der Waals surface area contributed by atoms with Gasteiger partial charge in [-0.2, -0.15) is 13.2 Å². The van der Waals surface area contributed by atoms with Gasteiger partial charge in [0.2, 0.25) is 5.95 Å². The van der Waals surface area contributed by atoms with Gasteiger partial charge >= 0.3 is 6.18 Å². The van der Waals surface area contributed by atoms with Crippen molar-refractivity contribution in [3.63, 3.8) is 0 Å². The molecule has 0 aliphatic carbocycles. The van der Waals surface area contributed by atoms with Crippen LogP contribution in [-0.2, 0) is 6.18 Å². The van der Waals surface area contributed by atoms with E-state index in [1.165, 1.54) is 11.3 Å². The number of thiazole rings is 1. The van der Waals surface area contributed by atoms with Crippen molar-refractivity contribution in [2.24, 2.45) is 0 Å². The van der Waals surface area contributed by atoms with Crippen molar-refractivity contribution in [1.29, 1.82) is 0 Å². The van der Waals surface area contributed by atoms with Gasteiger partial charge in [0, 0.05) is 23.7 Å². The lowest BCUT2D eigenvalue weighted by Crippen LogP contribution is -2.12. The summed E-state index contributed by atoms with van der Waals surface area (Å²) in [5, 5.41) is 4.75. The minimum Gasteiger partial charge on any atom is -0.354 e. The van der Waals surface area contributed by atoms with Crippen LogP contribution in [0.5, 0.6) is 0 Å². The lowest BCUT2D eigenvalue weighted by atomic mass is 10.4. The van der Waals surface area contributed by atoms with Gasteiger partial charge in [0.15, 0.2) is 10.0 Å². The molecule has 9 heteroatoms. The van der Waals surface area contributed by atoms with E-state index in [0.717, 1.165) is 23.5 Å². The summed E-state index contributed by atoms with van der Waals surface area (Å²) in [6.45, 7) is 4.04. The van der Waals surface area contributed by atoms with Gasteiger partial charge in [-0.1, -0.05) is 0 Å². The summed E-state index contributed by atoms with van der Waals surface area (Å²) < 4.78 is 39.0. The van der Waals surface area contributed by atoms with E-state index in [0.29, 0.717) is 10.9 Å². The van der Waals surface area contributed by atoms with Crippen LogP contribution in [0, 0.1) is 6.92 Å². The summed E-state index contributed by atoms with van der Waals surface area (Å²) in [5.41, 5.74) is -0.131. The van der Waals surface area contributed by atoms with Crippen molar-refractivity contribution in [3.05, 3.63) is 22.8 Å². The summed E-state index contributed by atoms with van der Waals surface area (Å²) in [6.07, 6.45) is -4.50. The Kier molecular flexibility index (Phi) is 4.48. The van der Waals surface area contributed by atoms with Crippen LogP contribution in [0.15, 0.2) is 20.8 Å². The van der Waals surface area contributed by atoms with Gasteiger partial charge < -0.3 is 5.32 Å². The molecular formula is C11H11F3N4S2. The molecule has 2 aromatic rings. The van der Waals surface area contributed by atoms with Crippen molar-refractivity contribution >= 4 is 29.0 Å². The zero-order valence-electron chi connectivity index (χ0n) is 10.7. The highest BCUT2D eigenvalue weighted by molar-refractivity contribution is 8.01. The average molecular weight is 320 g/mol. The van der Waals surface area contributed by atoms with Crippen LogP contribution in [0.3, 0.4) is 0 Å². The first-order chi connectivity index (χ1) is 9.38. The van der Waals surface area contributed by atoms with Crippen LogP contribution >= 0.6 is 23.1 Å². The van der Waals surface area contributed by atoms with Gasteiger partial charge in [0.05, 0.1) is 0 Å². The summed E-state index contributed by atoms with van der Waals surface area (Å²) in [4.78, 5) is 11.7. The normalized spacial score (nSPS) is 11.7. The Hall–Kier alpha value is -1.35. The van der Waals surface area contributed by atoms with Crippen LogP contribution in [0.1, 0.15) is 18.3 Å². The molecule has 108 valence electrons. The molecule has 20 heavy (non-hydrogen) atoms. The van der Waals surface area contributed by atoms with Gasteiger partial charge in [-0.3, -0.25) is 0 Å². The van der Waals surface area contributed by atoms with Gasteiger partial charge in [-0.25, -0.2) is 15.0 Å². The third-order valence-electron chi connectivity index (χ3n) is 2.12. The Labute approximate surface area is 121 Å². The van der Waals surface area contributed by atoms with E-state index in [2.05, 4.69) is 20.3 Å². The quantitative estimate of drug-likeness (QED) is 0.867. The number of anilines is 1. The fourth-order valence-corrected chi connectivity index (χ4v) is 3.11. The smallest absolute Gasteiger partial charge is 0.354 e. The number of nitrogens with zero attached hydrogens (tertiary/aromatic N) is 3. The van der Waals surface area contributed by atoms with Crippen molar-refractivity contribution in [2.45, 2.75) is 29.4 Å². The molecule has 0 saturated heterocycles. The minimum atomic E-state index is -4.50. The molecule has 0 fully saturated rings. The monoisotopic (exact) mass is 320 g/mol. The number of aryl methyl sites for hydroxylation is 1. The second kappa shape index (κ2) is 5.96. The van der Waals surface area contributed by atoms with Gasteiger partial charge in [-0.15, -0.1) is 11.3 Å². The molecular weight excluding hydrogens is 309 g/mol. The third-order valence-corrected chi connectivity index (χ3v) is 4.09. The maximum Gasteiger partial charge on any atom is 0.433 e. The fraction of sp³-hybridized carbons (Fsp3) is 0.364. The van der Waals surface area contributed by atoms with Crippen LogP contribution in [0.2, 0.25) is 0 Å². The predicted octanol–water partition coefficient (Wildman–Crippen LogP) is 3.84. The first-order valence-corrected chi connectivity index (χ1v) is 7.38. The summed E-state index contributed by atoms with van der Waals surface area (Å²) in [7, 11) is 0. The molecule has 0 unspecified atom stereocenters. The highest BCUT2D eigenvalue weighted by atomic mass is 32.2. The molecule has 1 N–H and O–H groups in total. The molecule has 0 amide bonds. The molecule has 0 aliphatic rings. The van der Waals surface area contributed by atoms with Crippen molar-refractivity contribution < 1.29 is 13.2 Å². The zero-order valence-corrected chi connectivity index (χ0v) is 12.3. The predicted molar refractivity (Wildman–Crippen MR) is 72.2 cm³/mol. The Morgan fingerprint density at radius 3 is 2.60 bits per heavy atom. The van der Waals surface area contributed by atoms with E-state index in [1.54, 1.807) is 6.92 Å². The van der Waals surface area contributed by atoms with E-state index in [-0.39, 0.29) is 11.0 Å². The standard InChI is InChI=1S/C11H11F3N4S2/c1-3-15-9-17-7(11(12,13)14)4-8(18-9)20-10-16-6(2)5-19-10/h4-5H,3H2,1-2H3,(H,15,17,18). The van der Waals surface area contributed by atoms with E-state index < -0.39 is 11.9 Å². The summed E-state index contributed by atoms with van der Waals surface area (Å²) in [6, 6.07) is 0.933. The summed E-state index contributed by atoms with van der Waals surface area (Å²) in [5.74, 6) is -0.0295. The first kappa shape index (κ1) is 15.0. The topological polar surface area (TPSA) is 50.7 Å². The number of alkyl halides is 3. The molecule has 0 aromatic carbocycles. The number of halogens is 3. The second-order valence-corrected chi connectivity index (χ2v) is 5.93. The highest BCUT2D eigenvalue weighted by Crippen LogP contribution is 2.34. The van der Waals surface area contributed by atoms with E-state index >= 15 is 0 Å². The molecule has 0 aliphatic heterocycles. The largest absolute Gasteiger partial charge is 0.433 e. The Bertz CT molecular complexity index is 598. The molecule has 2 aromatic heterocycles. The first-order valence-electron chi connectivity index (χ1n) is 5.68. The van der Waals surface area contributed by atoms with Gasteiger partial charge in [0.25, 0.3) is 0 Å². The van der Waals surface area contributed by atoms with Gasteiger partial charge in [0.1, 0.15) is 5.03 Å². The molecule has 2 heterocycles. The highest BCUT2D eigenvalue weighted by Gasteiger charge is 2.33. The van der Waals surface area contributed by atoms with E-state index in [1.807, 2.05) is 12.3 Å². The molecule has 0 spiro atoms. The molecule has 0 radical (unpaired) electrons. The molecule has 4 nitrogen and oxygen atoms in total. The SMILES string of the molecule is CCNc1nc(Sc2nc(C)cs2)cc(C(F)(F)F)n1. The number of nitrogens with one attached hydrogen (secondary N) is 1. The van der Waals surface area contributed by atoms with Crippen LogP contribution in [-0.4, -0.2) is 21.5 Å². The zero-order chi connectivity index (χ0) is 14.8. The minimum absolute atomic E-state index is 0.0295. The van der Waals surface area contributed by atoms with E-state index in [4.69, 9.17) is 0 Å². The fourth-order valence-electron chi connectivity index (χ4n) is 1.33. The average Bonchev–Trinajstić information content (AvgIpc) is 2.74. The molecule has 0 saturated carbocycles. The van der Waals surface area contributed by atoms with Crippen molar-refractivity contribution in [2.75, 3.05) is 11.9 Å². The van der Waals surface area contributed by atoms with Crippen LogP contribution < -0.4 is 5.32 Å². The van der Waals surface area contributed by atoms with Crippen molar-refractivity contribution in [3.8, 4) is 0 Å². The van der Waals surface area contributed by atoms with Crippen LogP contribution in [0.25, 0.3) is 0 Å². The lowest BCUT2D eigenvalue weighted by Gasteiger charge is -2.09. The number of hydrogen-bond acceptors (Lipinski definition) is 6. The maximum absolute atomic E-state index is 12.8. The number of hydrogen-bond donors (Lipinski definition) is 1. The Balaban J connectivity index is 2.33. The number of aromatic nitrogens is 3. The summed E-state index contributed by atoms with van der Waals surface area (Å²) >= 11 is 2.46. The van der Waals surface area contributed by atoms with Crippen LogP contribution in [0.4, 0.5) is 19.1 Å². The molecule has 0 bridgehead atoms. The maximum atomic E-state index is 12.8. The van der Waals surface area contributed by atoms with E-state index in [9.17, 15) is 13.2 Å². The van der Waals surface area contributed by atoms with Crippen molar-refractivity contribution in [1.82, 2.24) is 15.0 Å². The Morgan fingerprint density at radius 1 is 1.30 bits per heavy atom. The molecule has 2 rings (SSSR count). The Morgan fingerprint density at radius 2 is 2.05 bits per heavy atom.